The molecule has 0 atom stereocenters. The van der Waals surface area contributed by atoms with Gasteiger partial charge in [-0.15, -0.1) is 0 Å². The van der Waals surface area contributed by atoms with Gasteiger partial charge in [-0.05, 0) is 74.3 Å². The van der Waals surface area contributed by atoms with Crippen molar-refractivity contribution in [1.29, 1.82) is 0 Å². The summed E-state index contributed by atoms with van der Waals surface area (Å²) in [6.07, 6.45) is 8.15. The van der Waals surface area contributed by atoms with Crippen LogP contribution in [0.1, 0.15) is 61.7 Å². The molecule has 6 rings (SSSR count). The minimum absolute atomic E-state index is 0.174. The molecule has 4 aliphatic rings. The van der Waals surface area contributed by atoms with Crippen molar-refractivity contribution in [3.05, 3.63) is 42.0 Å². The number of aromatic nitrogens is 1. The Morgan fingerprint density at radius 3 is 2.43 bits per heavy atom. The topological polar surface area (TPSA) is 103 Å². The minimum atomic E-state index is -3.41. The number of nitrogens with one attached hydrogen (secondary N) is 1. The van der Waals surface area contributed by atoms with Crippen LogP contribution in [0.15, 0.2) is 41.3 Å². The number of amides is 1. The van der Waals surface area contributed by atoms with Crippen molar-refractivity contribution < 1.29 is 18.3 Å². The van der Waals surface area contributed by atoms with Gasteiger partial charge in [-0.3, -0.25) is 4.79 Å². The summed E-state index contributed by atoms with van der Waals surface area (Å²) < 4.78 is 26.2. The van der Waals surface area contributed by atoms with Crippen LogP contribution < -0.4 is 15.1 Å². The number of hydrogen-bond donors (Lipinski definition) is 2. The first kappa shape index (κ1) is 24.7. The van der Waals surface area contributed by atoms with E-state index in [4.69, 9.17) is 4.98 Å². The van der Waals surface area contributed by atoms with Crippen LogP contribution in [0.25, 0.3) is 0 Å². The maximum atomic E-state index is 13.5. The van der Waals surface area contributed by atoms with E-state index in [2.05, 4.69) is 15.1 Å². The van der Waals surface area contributed by atoms with E-state index in [0.29, 0.717) is 35.3 Å². The molecule has 2 N–H and O–H groups in total. The lowest BCUT2D eigenvalue weighted by Crippen LogP contribution is -2.49. The van der Waals surface area contributed by atoms with E-state index in [9.17, 15) is 18.3 Å². The predicted octanol–water partition coefficient (Wildman–Crippen LogP) is 3.86. The van der Waals surface area contributed by atoms with Gasteiger partial charge in [-0.2, -0.15) is 0 Å². The molecule has 2 aliphatic carbocycles. The second-order valence-electron chi connectivity index (χ2n) is 11.4. The highest BCUT2D eigenvalue weighted by molar-refractivity contribution is 7.92. The fourth-order valence-corrected chi connectivity index (χ4v) is 8.01. The standard InChI is InChI=1S/C28H36N4O4S/c33-19-20-17-32(18-20)25-9-8-24(26(30-25)31-14-12-28(10-11-28)13-15-31)27(34)29-21-4-3-7-23(16-21)37(35,36)22-5-1-2-6-22/h3-4,7-9,16,20,22,33H,1-2,5-6,10-15,17-19H2,(H,29,34). The molecule has 0 bridgehead atoms. The molecule has 2 aliphatic heterocycles. The van der Waals surface area contributed by atoms with Crippen LogP contribution in [0, 0.1) is 11.3 Å². The van der Waals surface area contributed by atoms with Crippen LogP contribution in [-0.4, -0.2) is 62.5 Å². The Balaban J connectivity index is 1.24. The van der Waals surface area contributed by atoms with E-state index >= 15 is 0 Å². The molecule has 4 fully saturated rings. The lowest BCUT2D eigenvalue weighted by molar-refractivity contribution is 0.102. The summed E-state index contributed by atoms with van der Waals surface area (Å²) in [5.74, 6) is 1.50. The number of hydrogen-bond acceptors (Lipinski definition) is 7. The molecule has 2 aromatic rings. The van der Waals surface area contributed by atoms with Crippen molar-refractivity contribution in [3.8, 4) is 0 Å². The molecule has 1 aromatic heterocycles. The molecule has 1 aromatic carbocycles. The number of benzene rings is 1. The molecule has 198 valence electrons. The van der Waals surface area contributed by atoms with Gasteiger partial charge in [0, 0.05) is 44.4 Å². The van der Waals surface area contributed by atoms with E-state index in [0.717, 1.165) is 57.7 Å². The number of pyridine rings is 1. The Bertz CT molecular complexity index is 1270. The van der Waals surface area contributed by atoms with Gasteiger partial charge >= 0.3 is 0 Å². The smallest absolute Gasteiger partial charge is 0.259 e. The zero-order chi connectivity index (χ0) is 25.6. The van der Waals surface area contributed by atoms with E-state index in [-0.39, 0.29) is 28.6 Å². The second kappa shape index (κ2) is 9.58. The molecule has 1 amide bonds. The van der Waals surface area contributed by atoms with Crippen molar-refractivity contribution in [1.82, 2.24) is 4.98 Å². The third-order valence-corrected chi connectivity index (χ3v) is 11.1. The Hall–Kier alpha value is -2.65. The Kier molecular flexibility index (Phi) is 6.39. The van der Waals surface area contributed by atoms with Gasteiger partial charge in [-0.25, -0.2) is 13.4 Å². The average Bonchev–Trinajstić information content (AvgIpc) is 3.38. The van der Waals surface area contributed by atoms with Crippen LogP contribution in [0.4, 0.5) is 17.3 Å². The minimum Gasteiger partial charge on any atom is -0.396 e. The average molecular weight is 525 g/mol. The number of aliphatic hydroxyl groups is 1. The van der Waals surface area contributed by atoms with Gasteiger partial charge in [-0.1, -0.05) is 18.9 Å². The summed E-state index contributed by atoms with van der Waals surface area (Å²) in [7, 11) is -3.41. The quantitative estimate of drug-likeness (QED) is 0.567. The van der Waals surface area contributed by atoms with Crippen molar-refractivity contribution in [2.45, 2.75) is 61.5 Å². The van der Waals surface area contributed by atoms with Crippen molar-refractivity contribution >= 4 is 33.1 Å². The molecule has 3 heterocycles. The number of anilines is 3. The van der Waals surface area contributed by atoms with Crippen LogP contribution in [0.2, 0.25) is 0 Å². The maximum absolute atomic E-state index is 13.5. The van der Waals surface area contributed by atoms with Crippen molar-refractivity contribution in [3.63, 3.8) is 0 Å². The number of carbonyl (C=O) groups excluding carboxylic acids is 1. The monoisotopic (exact) mass is 524 g/mol. The van der Waals surface area contributed by atoms with Crippen LogP contribution in [0.3, 0.4) is 0 Å². The molecule has 2 saturated carbocycles. The number of sulfone groups is 1. The number of nitrogens with zero attached hydrogens (tertiary/aromatic N) is 3. The first-order chi connectivity index (χ1) is 17.9. The number of rotatable bonds is 7. The fourth-order valence-electron chi connectivity index (χ4n) is 6.12. The zero-order valence-corrected chi connectivity index (χ0v) is 22.0. The first-order valence-electron chi connectivity index (χ1n) is 13.6. The highest BCUT2D eigenvalue weighted by Crippen LogP contribution is 2.54. The highest BCUT2D eigenvalue weighted by Gasteiger charge is 2.45. The summed E-state index contributed by atoms with van der Waals surface area (Å²) in [5, 5.41) is 12.0. The van der Waals surface area contributed by atoms with Gasteiger partial charge in [0.15, 0.2) is 9.84 Å². The SMILES string of the molecule is O=C(Nc1cccc(S(=O)(=O)C2CCCC2)c1)c1ccc(N2CC(CO)C2)nc1N1CCC2(CC1)CC2. The van der Waals surface area contributed by atoms with Gasteiger partial charge in [0.25, 0.3) is 5.91 Å². The molecular formula is C28H36N4O4S. The van der Waals surface area contributed by atoms with E-state index in [1.807, 2.05) is 12.1 Å². The fraction of sp³-hybridized carbons (Fsp3) is 0.571. The Labute approximate surface area is 219 Å². The lowest BCUT2D eigenvalue weighted by atomic mass is 9.93. The number of aliphatic hydroxyl groups excluding tert-OH is 1. The zero-order valence-electron chi connectivity index (χ0n) is 21.2. The first-order valence-corrected chi connectivity index (χ1v) is 15.2. The third-order valence-electron chi connectivity index (χ3n) is 8.89. The Morgan fingerprint density at radius 1 is 1.03 bits per heavy atom. The van der Waals surface area contributed by atoms with Gasteiger partial charge in [0.05, 0.1) is 15.7 Å². The largest absolute Gasteiger partial charge is 0.396 e. The van der Waals surface area contributed by atoms with Crippen molar-refractivity contribution in [2.75, 3.05) is 47.9 Å². The molecule has 37 heavy (non-hydrogen) atoms. The Morgan fingerprint density at radius 2 is 1.76 bits per heavy atom. The van der Waals surface area contributed by atoms with E-state index in [1.54, 1.807) is 24.3 Å². The van der Waals surface area contributed by atoms with Gasteiger partial charge < -0.3 is 20.2 Å². The third kappa shape index (κ3) is 4.83. The molecule has 9 heteroatoms. The van der Waals surface area contributed by atoms with Crippen LogP contribution >= 0.6 is 0 Å². The van der Waals surface area contributed by atoms with Crippen LogP contribution in [0.5, 0.6) is 0 Å². The number of piperidine rings is 1. The summed E-state index contributed by atoms with van der Waals surface area (Å²) in [6, 6.07) is 10.3. The number of carbonyl (C=O) groups is 1. The van der Waals surface area contributed by atoms with Gasteiger partial charge in [0.1, 0.15) is 11.6 Å². The lowest BCUT2D eigenvalue weighted by Gasteiger charge is -2.40. The molecule has 8 nitrogen and oxygen atoms in total. The normalized spacial score (nSPS) is 21.8. The molecule has 2 saturated heterocycles. The highest BCUT2D eigenvalue weighted by atomic mass is 32.2. The summed E-state index contributed by atoms with van der Waals surface area (Å²) in [4.78, 5) is 23.1. The molecule has 0 unspecified atom stereocenters. The van der Waals surface area contributed by atoms with E-state index < -0.39 is 9.84 Å². The van der Waals surface area contributed by atoms with Crippen molar-refractivity contribution in [2.24, 2.45) is 11.3 Å². The summed E-state index contributed by atoms with van der Waals surface area (Å²) in [5.41, 5.74) is 1.48. The molecular weight excluding hydrogens is 488 g/mol. The summed E-state index contributed by atoms with van der Waals surface area (Å²) >= 11 is 0. The van der Waals surface area contributed by atoms with E-state index in [1.165, 1.54) is 12.8 Å². The molecule has 0 radical (unpaired) electrons. The predicted molar refractivity (Wildman–Crippen MR) is 144 cm³/mol. The van der Waals surface area contributed by atoms with Gasteiger partial charge in [0.2, 0.25) is 0 Å². The second-order valence-corrected chi connectivity index (χ2v) is 13.6. The molecule has 1 spiro atoms. The van der Waals surface area contributed by atoms with Crippen LogP contribution in [-0.2, 0) is 9.84 Å². The maximum Gasteiger partial charge on any atom is 0.259 e. The summed E-state index contributed by atoms with van der Waals surface area (Å²) in [6.45, 7) is 3.46.